The second-order valence-corrected chi connectivity index (χ2v) is 6.87. The van der Waals surface area contributed by atoms with E-state index in [4.69, 9.17) is 4.52 Å². The summed E-state index contributed by atoms with van der Waals surface area (Å²) < 4.78 is 5.17. The van der Waals surface area contributed by atoms with E-state index < -0.39 is 0 Å². The zero-order chi connectivity index (χ0) is 17.6. The van der Waals surface area contributed by atoms with Crippen LogP contribution in [0.3, 0.4) is 0 Å². The summed E-state index contributed by atoms with van der Waals surface area (Å²) >= 11 is 0. The highest BCUT2D eigenvalue weighted by atomic mass is 16.5. The maximum absolute atomic E-state index is 12.6. The lowest BCUT2D eigenvalue weighted by Gasteiger charge is -2.31. The van der Waals surface area contributed by atoms with Crippen LogP contribution < -0.4 is 5.32 Å². The van der Waals surface area contributed by atoms with Gasteiger partial charge in [-0.25, -0.2) is 0 Å². The average Bonchev–Trinajstić information content (AvgIpc) is 2.95. The number of hydrogen-bond donors (Lipinski definition) is 1. The van der Waals surface area contributed by atoms with E-state index in [2.05, 4.69) is 27.5 Å². The van der Waals surface area contributed by atoms with E-state index in [0.717, 1.165) is 42.2 Å². The molecular formula is C20H27N3O2. The zero-order valence-corrected chi connectivity index (χ0v) is 15.1. The van der Waals surface area contributed by atoms with Crippen LogP contribution in [-0.2, 0) is 11.2 Å². The maximum Gasteiger partial charge on any atom is 0.225 e. The van der Waals surface area contributed by atoms with Crippen molar-refractivity contribution < 1.29 is 9.32 Å². The third-order valence-electron chi connectivity index (χ3n) is 4.95. The Morgan fingerprint density at radius 3 is 2.56 bits per heavy atom. The van der Waals surface area contributed by atoms with E-state index in [9.17, 15) is 4.79 Å². The first-order valence-electron chi connectivity index (χ1n) is 9.12. The third kappa shape index (κ3) is 4.69. The number of likely N-dealkylation sites (tertiary alicyclic amines) is 1. The molecule has 0 saturated carbocycles. The zero-order valence-electron chi connectivity index (χ0n) is 15.1. The topological polar surface area (TPSA) is 58.4 Å². The van der Waals surface area contributed by atoms with Gasteiger partial charge < -0.3 is 14.7 Å². The van der Waals surface area contributed by atoms with Gasteiger partial charge in [-0.2, -0.15) is 0 Å². The lowest BCUT2D eigenvalue weighted by atomic mass is 10.0. The molecule has 0 bridgehead atoms. The first-order valence-corrected chi connectivity index (χ1v) is 9.12. The van der Waals surface area contributed by atoms with Crippen molar-refractivity contribution >= 4 is 5.91 Å². The van der Waals surface area contributed by atoms with Gasteiger partial charge in [0.25, 0.3) is 0 Å². The number of nitrogens with zero attached hydrogens (tertiary/aromatic N) is 2. The van der Waals surface area contributed by atoms with E-state index in [0.29, 0.717) is 6.42 Å². The van der Waals surface area contributed by atoms with Gasteiger partial charge in [-0.15, -0.1) is 0 Å². The summed E-state index contributed by atoms with van der Waals surface area (Å²) in [4.78, 5) is 15.1. The molecule has 5 heteroatoms. The van der Waals surface area contributed by atoms with E-state index in [1.54, 1.807) is 0 Å². The number of carbonyl (C=O) groups is 1. The Morgan fingerprint density at radius 2 is 1.92 bits per heavy atom. The van der Waals surface area contributed by atoms with Crippen LogP contribution in [-0.4, -0.2) is 35.6 Å². The largest absolute Gasteiger partial charge is 0.361 e. The molecule has 1 aliphatic heterocycles. The standard InChI is InChI=1S/C20H27N3O2/c1-15-18(16(2)25-22-15)13-20(24)21-19(17-9-5-3-6-10-17)14-23-11-7-4-8-12-23/h3,5-6,9-10,19H,4,7-8,11-14H2,1-2H3,(H,21,24)/t19-/m1/s1. The average molecular weight is 341 g/mol. The predicted octanol–water partition coefficient (Wildman–Crippen LogP) is 3.18. The summed E-state index contributed by atoms with van der Waals surface area (Å²) in [7, 11) is 0. The minimum atomic E-state index is 0.00673. The number of rotatable bonds is 6. The highest BCUT2D eigenvalue weighted by molar-refractivity contribution is 5.79. The molecule has 1 atom stereocenters. The van der Waals surface area contributed by atoms with Crippen molar-refractivity contribution in [1.82, 2.24) is 15.4 Å². The molecule has 134 valence electrons. The fraction of sp³-hybridized carbons (Fsp3) is 0.500. The van der Waals surface area contributed by atoms with Gasteiger partial charge in [-0.1, -0.05) is 41.9 Å². The molecule has 1 aromatic carbocycles. The van der Waals surface area contributed by atoms with E-state index in [1.165, 1.54) is 19.3 Å². The normalized spacial score (nSPS) is 16.6. The third-order valence-corrected chi connectivity index (χ3v) is 4.95. The molecule has 1 aliphatic rings. The fourth-order valence-corrected chi connectivity index (χ4v) is 3.48. The first-order chi connectivity index (χ1) is 12.1. The van der Waals surface area contributed by atoms with Gasteiger partial charge in [0, 0.05) is 12.1 Å². The van der Waals surface area contributed by atoms with Crippen molar-refractivity contribution in [2.45, 2.75) is 45.6 Å². The van der Waals surface area contributed by atoms with Crippen molar-refractivity contribution in [2.75, 3.05) is 19.6 Å². The number of hydrogen-bond acceptors (Lipinski definition) is 4. The van der Waals surface area contributed by atoms with Crippen molar-refractivity contribution in [3.8, 4) is 0 Å². The first kappa shape index (κ1) is 17.7. The van der Waals surface area contributed by atoms with Crippen molar-refractivity contribution in [1.29, 1.82) is 0 Å². The summed E-state index contributed by atoms with van der Waals surface area (Å²) in [6, 6.07) is 10.2. The van der Waals surface area contributed by atoms with Crippen LogP contribution in [0.15, 0.2) is 34.9 Å². The van der Waals surface area contributed by atoms with Crippen molar-refractivity contribution in [2.24, 2.45) is 0 Å². The molecule has 1 aromatic heterocycles. The number of amides is 1. The molecule has 0 radical (unpaired) electrons. The van der Waals surface area contributed by atoms with Crippen LogP contribution in [0.2, 0.25) is 0 Å². The molecule has 1 fully saturated rings. The molecule has 1 saturated heterocycles. The lowest BCUT2D eigenvalue weighted by Crippen LogP contribution is -2.40. The highest BCUT2D eigenvalue weighted by Gasteiger charge is 2.21. The van der Waals surface area contributed by atoms with Crippen molar-refractivity contribution in [3.05, 3.63) is 52.9 Å². The fourth-order valence-electron chi connectivity index (χ4n) is 3.48. The van der Waals surface area contributed by atoms with Crippen LogP contribution in [0.4, 0.5) is 0 Å². The summed E-state index contributed by atoms with van der Waals surface area (Å²) in [6.07, 6.45) is 4.11. The van der Waals surface area contributed by atoms with E-state index in [-0.39, 0.29) is 11.9 Å². The van der Waals surface area contributed by atoms with Crippen LogP contribution in [0, 0.1) is 13.8 Å². The molecule has 1 amide bonds. The number of benzene rings is 1. The Kier molecular flexibility index (Phi) is 5.87. The second-order valence-electron chi connectivity index (χ2n) is 6.87. The van der Waals surface area contributed by atoms with Gasteiger partial charge in [0.1, 0.15) is 5.76 Å². The smallest absolute Gasteiger partial charge is 0.225 e. The van der Waals surface area contributed by atoms with Gasteiger partial charge in [-0.3, -0.25) is 4.79 Å². The monoisotopic (exact) mass is 341 g/mol. The molecule has 2 heterocycles. The molecule has 0 aliphatic carbocycles. The van der Waals surface area contributed by atoms with E-state index in [1.807, 2.05) is 32.0 Å². The molecule has 2 aromatic rings. The van der Waals surface area contributed by atoms with Gasteiger partial charge in [-0.05, 0) is 45.3 Å². The molecule has 0 spiro atoms. The van der Waals surface area contributed by atoms with Crippen LogP contribution in [0.1, 0.15) is 47.9 Å². The number of nitrogens with one attached hydrogen (secondary N) is 1. The summed E-state index contributed by atoms with van der Waals surface area (Å²) in [5.74, 6) is 0.736. The van der Waals surface area contributed by atoms with Gasteiger partial charge in [0.2, 0.25) is 5.91 Å². The molecule has 1 N–H and O–H groups in total. The van der Waals surface area contributed by atoms with Gasteiger partial charge >= 0.3 is 0 Å². The maximum atomic E-state index is 12.6. The summed E-state index contributed by atoms with van der Waals surface area (Å²) in [5, 5.41) is 7.16. The predicted molar refractivity (Wildman–Crippen MR) is 97.3 cm³/mol. The quantitative estimate of drug-likeness (QED) is 0.877. The number of piperidine rings is 1. The Balaban J connectivity index is 1.69. The Hall–Kier alpha value is -2.14. The van der Waals surface area contributed by atoms with Crippen LogP contribution in [0.5, 0.6) is 0 Å². The Bertz CT molecular complexity index is 671. The molecule has 5 nitrogen and oxygen atoms in total. The lowest BCUT2D eigenvalue weighted by molar-refractivity contribution is -0.121. The van der Waals surface area contributed by atoms with Crippen LogP contribution in [0.25, 0.3) is 0 Å². The number of carbonyl (C=O) groups excluding carboxylic acids is 1. The number of aromatic nitrogens is 1. The van der Waals surface area contributed by atoms with E-state index >= 15 is 0 Å². The Morgan fingerprint density at radius 1 is 1.20 bits per heavy atom. The van der Waals surface area contributed by atoms with Gasteiger partial charge in [0.15, 0.2) is 0 Å². The minimum absolute atomic E-state index is 0.00673. The van der Waals surface area contributed by atoms with Crippen molar-refractivity contribution in [3.63, 3.8) is 0 Å². The molecule has 25 heavy (non-hydrogen) atoms. The molecule has 0 unspecified atom stereocenters. The SMILES string of the molecule is Cc1noc(C)c1CC(=O)N[C@H](CN1CCCCC1)c1ccccc1. The summed E-state index contributed by atoms with van der Waals surface area (Å²) in [5.41, 5.74) is 2.84. The second kappa shape index (κ2) is 8.30. The number of aryl methyl sites for hydroxylation is 2. The molecule has 3 rings (SSSR count). The minimum Gasteiger partial charge on any atom is -0.361 e. The summed E-state index contributed by atoms with van der Waals surface area (Å²) in [6.45, 7) is 6.82. The molecular weight excluding hydrogens is 314 g/mol. The highest BCUT2D eigenvalue weighted by Crippen LogP contribution is 2.19. The Labute approximate surface area is 149 Å². The van der Waals surface area contributed by atoms with Gasteiger partial charge in [0.05, 0.1) is 18.2 Å². The van der Waals surface area contributed by atoms with Crippen LogP contribution >= 0.6 is 0 Å².